The number of hydrogen-bond donors (Lipinski definition) is 2. The minimum atomic E-state index is 0.824. The Morgan fingerprint density at radius 1 is 1.33 bits per heavy atom. The molecular weight excluding hydrogens is 150 g/mol. The van der Waals surface area contributed by atoms with Crippen LogP contribution in [0.15, 0.2) is 0 Å². The molecule has 1 heterocycles. The molecule has 0 spiro atoms. The summed E-state index contributed by atoms with van der Waals surface area (Å²) in [4.78, 5) is 0. The van der Waals surface area contributed by atoms with Gasteiger partial charge in [0.05, 0.1) is 0 Å². The average Bonchev–Trinajstić information content (AvgIpc) is 2.58. The summed E-state index contributed by atoms with van der Waals surface area (Å²) in [5.74, 6) is 0.917. The molecule has 2 atom stereocenters. The molecule has 1 aliphatic rings. The molecule has 2 N–H and O–H groups in total. The Balaban J connectivity index is 0. The van der Waals surface area contributed by atoms with Crippen molar-refractivity contribution in [3.8, 4) is 0 Å². The van der Waals surface area contributed by atoms with E-state index in [1.165, 1.54) is 19.4 Å². The van der Waals surface area contributed by atoms with Crippen molar-refractivity contribution in [2.45, 2.75) is 46.6 Å². The fourth-order valence-electron chi connectivity index (χ4n) is 1.33. The van der Waals surface area contributed by atoms with Crippen LogP contribution in [-0.4, -0.2) is 24.8 Å². The lowest BCUT2D eigenvalue weighted by Gasteiger charge is -2.02. The minimum absolute atomic E-state index is 0.824. The van der Waals surface area contributed by atoms with Crippen molar-refractivity contribution in [1.29, 1.82) is 0 Å². The Morgan fingerprint density at radius 3 is 2.00 bits per heavy atom. The van der Waals surface area contributed by atoms with Gasteiger partial charge in [-0.15, -0.1) is 0 Å². The van der Waals surface area contributed by atoms with Crippen LogP contribution in [0.2, 0.25) is 0 Å². The monoisotopic (exact) mass is 175 g/mol. The first-order valence-corrected chi connectivity index (χ1v) is 5.01. The van der Waals surface area contributed by atoms with Gasteiger partial charge in [0.15, 0.2) is 0 Å². The first-order chi connectivity index (χ1) is 5.83. The van der Waals surface area contributed by atoms with Gasteiger partial charge in [0.25, 0.3) is 0 Å². The summed E-state index contributed by atoms with van der Waals surface area (Å²) in [6, 6.07) is 0.824. The van der Waals surface area contributed by atoms with Crippen LogP contribution < -0.4 is 5.32 Å². The molecule has 1 saturated heterocycles. The van der Waals surface area contributed by atoms with E-state index in [0.29, 0.717) is 0 Å². The van der Waals surface area contributed by atoms with Gasteiger partial charge in [-0.05, 0) is 25.3 Å². The van der Waals surface area contributed by atoms with Gasteiger partial charge in [-0.2, -0.15) is 0 Å². The Morgan fingerprint density at radius 2 is 1.83 bits per heavy atom. The second-order valence-corrected chi connectivity index (χ2v) is 2.85. The summed E-state index contributed by atoms with van der Waals surface area (Å²) >= 11 is 0. The Bertz CT molecular complexity index is 76.2. The van der Waals surface area contributed by atoms with E-state index in [4.69, 9.17) is 5.11 Å². The zero-order chi connectivity index (χ0) is 9.98. The standard InChI is InChI=1S/C7H15N.C2H6.CH4O/c1-3-7-4-6(2)5-8-7;2*1-2/h6-8H,3-5H2,1-2H3;1-2H3;2H,1H3. The predicted molar refractivity (Wildman–Crippen MR) is 55.4 cm³/mol. The van der Waals surface area contributed by atoms with Crippen LogP contribution in [0, 0.1) is 5.92 Å². The van der Waals surface area contributed by atoms with Gasteiger partial charge in [-0.1, -0.05) is 27.7 Å². The fourth-order valence-corrected chi connectivity index (χ4v) is 1.33. The number of hydrogen-bond acceptors (Lipinski definition) is 2. The summed E-state index contributed by atoms with van der Waals surface area (Å²) in [6.07, 6.45) is 2.68. The summed E-state index contributed by atoms with van der Waals surface area (Å²) in [7, 11) is 1.00. The smallest absolute Gasteiger partial charge is 0.0319 e. The molecule has 2 nitrogen and oxygen atoms in total. The largest absolute Gasteiger partial charge is 0.400 e. The normalized spacial score (nSPS) is 26.5. The summed E-state index contributed by atoms with van der Waals surface area (Å²) in [5, 5.41) is 10.5. The van der Waals surface area contributed by atoms with Crippen LogP contribution in [0.5, 0.6) is 0 Å². The molecular formula is C10H25NO. The van der Waals surface area contributed by atoms with Crippen LogP contribution in [0.1, 0.15) is 40.5 Å². The van der Waals surface area contributed by atoms with Crippen LogP contribution in [0.4, 0.5) is 0 Å². The number of nitrogens with one attached hydrogen (secondary N) is 1. The van der Waals surface area contributed by atoms with Crippen molar-refractivity contribution in [2.75, 3.05) is 13.7 Å². The predicted octanol–water partition coefficient (Wildman–Crippen LogP) is 2.03. The van der Waals surface area contributed by atoms with E-state index < -0.39 is 0 Å². The van der Waals surface area contributed by atoms with Crippen molar-refractivity contribution in [3.63, 3.8) is 0 Å². The maximum atomic E-state index is 7.00. The van der Waals surface area contributed by atoms with Gasteiger partial charge in [-0.25, -0.2) is 0 Å². The molecule has 2 heteroatoms. The third-order valence-electron chi connectivity index (χ3n) is 1.93. The molecule has 1 aliphatic heterocycles. The first-order valence-electron chi connectivity index (χ1n) is 5.01. The third kappa shape index (κ3) is 6.62. The molecule has 12 heavy (non-hydrogen) atoms. The van der Waals surface area contributed by atoms with Crippen LogP contribution in [0.3, 0.4) is 0 Å². The first kappa shape index (κ1) is 14.4. The average molecular weight is 175 g/mol. The molecule has 0 aromatic heterocycles. The van der Waals surface area contributed by atoms with Crippen LogP contribution >= 0.6 is 0 Å². The molecule has 0 aliphatic carbocycles. The number of aliphatic hydroxyl groups excluding tert-OH is 1. The number of aliphatic hydroxyl groups is 1. The summed E-state index contributed by atoms with van der Waals surface area (Å²) in [6.45, 7) is 9.79. The molecule has 0 aromatic carbocycles. The topological polar surface area (TPSA) is 32.3 Å². The highest BCUT2D eigenvalue weighted by Crippen LogP contribution is 2.14. The van der Waals surface area contributed by atoms with Gasteiger partial charge in [-0.3, -0.25) is 0 Å². The molecule has 76 valence electrons. The Hall–Kier alpha value is -0.0800. The molecule has 0 saturated carbocycles. The lowest BCUT2D eigenvalue weighted by atomic mass is 10.1. The summed E-state index contributed by atoms with van der Waals surface area (Å²) < 4.78 is 0. The Kier molecular flexibility index (Phi) is 13.1. The van der Waals surface area contributed by atoms with E-state index in [1.807, 2.05) is 13.8 Å². The van der Waals surface area contributed by atoms with E-state index >= 15 is 0 Å². The lowest BCUT2D eigenvalue weighted by Crippen LogP contribution is -2.19. The van der Waals surface area contributed by atoms with Crippen molar-refractivity contribution in [1.82, 2.24) is 5.32 Å². The van der Waals surface area contributed by atoms with Gasteiger partial charge in [0.1, 0.15) is 0 Å². The molecule has 0 amide bonds. The fraction of sp³-hybridized carbons (Fsp3) is 1.00. The van der Waals surface area contributed by atoms with Gasteiger partial charge >= 0.3 is 0 Å². The van der Waals surface area contributed by atoms with Gasteiger partial charge in [0, 0.05) is 13.2 Å². The molecule has 1 rings (SSSR count). The molecule has 1 fully saturated rings. The lowest BCUT2D eigenvalue weighted by molar-refractivity contribution is 0.399. The van der Waals surface area contributed by atoms with E-state index in [-0.39, 0.29) is 0 Å². The highest BCUT2D eigenvalue weighted by molar-refractivity contribution is 4.77. The molecule has 0 radical (unpaired) electrons. The molecule has 0 bridgehead atoms. The maximum absolute atomic E-state index is 7.00. The maximum Gasteiger partial charge on any atom is 0.0319 e. The van der Waals surface area contributed by atoms with Crippen molar-refractivity contribution in [3.05, 3.63) is 0 Å². The highest BCUT2D eigenvalue weighted by Gasteiger charge is 2.17. The van der Waals surface area contributed by atoms with Crippen LogP contribution in [0.25, 0.3) is 0 Å². The van der Waals surface area contributed by atoms with Crippen molar-refractivity contribution >= 4 is 0 Å². The van der Waals surface area contributed by atoms with Gasteiger partial charge < -0.3 is 10.4 Å². The molecule has 2 unspecified atom stereocenters. The summed E-state index contributed by atoms with van der Waals surface area (Å²) in [5.41, 5.74) is 0. The molecule has 0 aromatic rings. The Labute approximate surface area is 77.4 Å². The minimum Gasteiger partial charge on any atom is -0.400 e. The SMILES string of the molecule is CC.CCC1CC(C)CN1.CO. The second-order valence-electron chi connectivity index (χ2n) is 2.85. The van der Waals surface area contributed by atoms with E-state index in [9.17, 15) is 0 Å². The van der Waals surface area contributed by atoms with Crippen LogP contribution in [-0.2, 0) is 0 Å². The van der Waals surface area contributed by atoms with E-state index in [0.717, 1.165) is 19.1 Å². The van der Waals surface area contributed by atoms with Gasteiger partial charge in [0.2, 0.25) is 0 Å². The van der Waals surface area contributed by atoms with E-state index in [1.54, 1.807) is 0 Å². The zero-order valence-corrected chi connectivity index (χ0v) is 9.22. The third-order valence-corrected chi connectivity index (χ3v) is 1.93. The van der Waals surface area contributed by atoms with Crippen molar-refractivity contribution < 1.29 is 5.11 Å². The quantitative estimate of drug-likeness (QED) is 0.639. The zero-order valence-electron chi connectivity index (χ0n) is 9.22. The second kappa shape index (κ2) is 10.9. The van der Waals surface area contributed by atoms with E-state index in [2.05, 4.69) is 19.2 Å². The number of rotatable bonds is 1. The van der Waals surface area contributed by atoms with Crippen molar-refractivity contribution in [2.24, 2.45) is 5.92 Å². The highest BCUT2D eigenvalue weighted by atomic mass is 16.2.